The highest BCUT2D eigenvalue weighted by Crippen LogP contribution is 2.75. The first kappa shape index (κ1) is 33.8. The van der Waals surface area contributed by atoms with E-state index in [4.69, 9.17) is 9.47 Å². The lowest BCUT2D eigenvalue weighted by Gasteiger charge is -2.72. The van der Waals surface area contributed by atoms with Crippen LogP contribution in [0.5, 0.6) is 0 Å². The quantitative estimate of drug-likeness (QED) is 0.199. The largest absolute Gasteiger partial charge is 0.479 e. The molecule has 256 valence electrons. The molecule has 0 aromatic carbocycles. The minimum Gasteiger partial charge on any atom is -0.479 e. The summed E-state index contributed by atoms with van der Waals surface area (Å²) in [5.41, 5.74) is 0.871. The van der Waals surface area contributed by atoms with Gasteiger partial charge < -0.3 is 40.1 Å². The van der Waals surface area contributed by atoms with Crippen molar-refractivity contribution >= 4 is 5.97 Å². The molecule has 45 heavy (non-hydrogen) atoms. The van der Waals surface area contributed by atoms with Gasteiger partial charge in [0, 0.05) is 10.8 Å². The van der Waals surface area contributed by atoms with Crippen LogP contribution in [0.2, 0.25) is 0 Å². The molecular weight excluding hydrogens is 576 g/mol. The van der Waals surface area contributed by atoms with Crippen molar-refractivity contribution in [2.24, 2.45) is 50.2 Å². The molecule has 0 aromatic rings. The third-order valence-electron chi connectivity index (χ3n) is 15.3. The van der Waals surface area contributed by atoms with E-state index in [9.17, 15) is 35.4 Å². The van der Waals surface area contributed by atoms with Crippen LogP contribution in [-0.2, 0) is 14.3 Å². The molecule has 0 spiro atoms. The molecule has 1 aliphatic heterocycles. The first-order chi connectivity index (χ1) is 20.8. The van der Waals surface area contributed by atoms with Gasteiger partial charge in [0.05, 0.1) is 18.8 Å². The Morgan fingerprint density at radius 3 is 2.20 bits per heavy atom. The summed E-state index contributed by atoms with van der Waals surface area (Å²) in [4.78, 5) is 11.7. The van der Waals surface area contributed by atoms with Crippen LogP contribution in [0.4, 0.5) is 0 Å². The van der Waals surface area contributed by atoms with Crippen molar-refractivity contribution in [1.29, 1.82) is 0 Å². The van der Waals surface area contributed by atoms with Gasteiger partial charge in [-0.05, 0) is 97.2 Å². The summed E-state index contributed by atoms with van der Waals surface area (Å²) < 4.78 is 11.8. The summed E-state index contributed by atoms with van der Waals surface area (Å²) in [5, 5.41) is 63.3. The van der Waals surface area contributed by atoms with E-state index >= 15 is 0 Å². The number of allylic oxidation sites excluding steroid dienone is 2. The molecule has 0 unspecified atom stereocenters. The molecule has 5 fully saturated rings. The number of hydrogen-bond donors (Lipinski definition) is 6. The van der Waals surface area contributed by atoms with E-state index in [1.165, 1.54) is 0 Å². The molecule has 1 saturated heterocycles. The maximum absolute atomic E-state index is 11.7. The summed E-state index contributed by atoms with van der Waals surface area (Å²) in [5.74, 6) is -0.570. The second-order valence-corrected chi connectivity index (χ2v) is 18.0. The van der Waals surface area contributed by atoms with Crippen molar-refractivity contribution in [2.75, 3.05) is 6.61 Å². The van der Waals surface area contributed by atoms with Crippen LogP contribution >= 0.6 is 0 Å². The number of carboxylic acid groups (broad SMARTS) is 1. The molecule has 0 radical (unpaired) electrons. The maximum atomic E-state index is 11.7. The van der Waals surface area contributed by atoms with Crippen molar-refractivity contribution in [3.63, 3.8) is 0 Å². The van der Waals surface area contributed by atoms with E-state index in [1.54, 1.807) is 5.57 Å². The van der Waals surface area contributed by atoms with Gasteiger partial charge in [-0.25, -0.2) is 4.79 Å². The van der Waals surface area contributed by atoms with Gasteiger partial charge in [0.15, 0.2) is 12.4 Å². The molecule has 6 aliphatic rings. The van der Waals surface area contributed by atoms with E-state index in [1.807, 2.05) is 6.92 Å². The SMILES string of the molecule is CC1(C)C[C@@H](O)[C@]2(C)CC[C@]3(C)C(=CC[C@@H]4[C@@]5(C)CC[C@H](O[C@H]6O[C@@H](C(=O)O)[C@H](O)[C@@H](O)[C@@H]6O)[C@](C)(CO)[C@H]5CC[C@]43C)[C@@H]2C1. The Hall–Kier alpha value is -1.07. The molecule has 1 heterocycles. The van der Waals surface area contributed by atoms with E-state index < -0.39 is 48.2 Å². The summed E-state index contributed by atoms with van der Waals surface area (Å²) in [7, 11) is 0. The smallest absolute Gasteiger partial charge is 0.335 e. The molecule has 5 aliphatic carbocycles. The average molecular weight is 635 g/mol. The third kappa shape index (κ3) is 4.61. The van der Waals surface area contributed by atoms with Gasteiger partial charge in [0.1, 0.15) is 18.3 Å². The maximum Gasteiger partial charge on any atom is 0.335 e. The molecular formula is C36H58O9. The number of aliphatic carboxylic acids is 1. The van der Waals surface area contributed by atoms with Crippen molar-refractivity contribution < 1.29 is 44.9 Å². The van der Waals surface area contributed by atoms with E-state index in [2.05, 4.69) is 47.6 Å². The molecule has 15 atom stereocenters. The number of carboxylic acids is 1. The first-order valence-corrected chi connectivity index (χ1v) is 17.4. The van der Waals surface area contributed by atoms with Crippen LogP contribution in [-0.4, -0.2) is 86.1 Å². The molecule has 0 bridgehead atoms. The minimum absolute atomic E-state index is 0.0209. The standard InChI is InChI=1S/C36H58O9/c1-31(2)16-20-19-8-9-22-33(4)12-11-24(44-30-27(41)25(39)26(40)28(45-30)29(42)43)34(5,18-37)21(33)10-13-36(22,7)35(19,6)15-14-32(20,3)23(38)17-31/h8,20-28,30,37-41H,9-18H2,1-7H3,(H,42,43)/t20-,21-,22+,23+,24-,25+,26+,27-,28+,30-,32+,33-,34+,35+,36+/m0/s1. The summed E-state index contributed by atoms with van der Waals surface area (Å²) in [6.07, 6.45) is 1.81. The summed E-state index contributed by atoms with van der Waals surface area (Å²) in [6, 6.07) is 0. The van der Waals surface area contributed by atoms with Gasteiger partial charge in [-0.1, -0.05) is 60.1 Å². The molecule has 4 saturated carbocycles. The van der Waals surface area contributed by atoms with Crippen LogP contribution in [0.3, 0.4) is 0 Å². The van der Waals surface area contributed by atoms with E-state index in [-0.39, 0.29) is 45.7 Å². The number of aliphatic hydroxyl groups is 5. The Labute approximate surface area is 268 Å². The second-order valence-electron chi connectivity index (χ2n) is 18.0. The number of carbonyl (C=O) groups is 1. The fourth-order valence-electron chi connectivity index (χ4n) is 12.2. The first-order valence-electron chi connectivity index (χ1n) is 17.4. The Morgan fingerprint density at radius 2 is 1.56 bits per heavy atom. The third-order valence-corrected chi connectivity index (χ3v) is 15.3. The van der Waals surface area contributed by atoms with Gasteiger partial charge in [-0.15, -0.1) is 0 Å². The normalized spacial score (nSPS) is 55.8. The Balaban J connectivity index is 1.30. The fourth-order valence-corrected chi connectivity index (χ4v) is 12.2. The van der Waals surface area contributed by atoms with Crippen LogP contribution in [0.25, 0.3) is 0 Å². The minimum atomic E-state index is -1.78. The van der Waals surface area contributed by atoms with Crippen LogP contribution in [0, 0.1) is 50.2 Å². The highest BCUT2D eigenvalue weighted by molar-refractivity contribution is 5.73. The van der Waals surface area contributed by atoms with Crippen LogP contribution < -0.4 is 0 Å². The Morgan fingerprint density at radius 1 is 0.867 bits per heavy atom. The zero-order valence-electron chi connectivity index (χ0n) is 28.3. The number of rotatable bonds is 4. The molecule has 6 N–H and O–H groups in total. The average Bonchev–Trinajstić information content (AvgIpc) is 2.96. The summed E-state index contributed by atoms with van der Waals surface area (Å²) in [6.45, 7) is 16.3. The number of ether oxygens (including phenoxy) is 2. The monoisotopic (exact) mass is 634 g/mol. The predicted molar refractivity (Wildman–Crippen MR) is 167 cm³/mol. The highest BCUT2D eigenvalue weighted by Gasteiger charge is 2.69. The number of aliphatic hydroxyl groups excluding tert-OH is 5. The van der Waals surface area contributed by atoms with Gasteiger partial charge >= 0.3 is 5.97 Å². The van der Waals surface area contributed by atoms with Crippen LogP contribution in [0.15, 0.2) is 11.6 Å². The number of hydrogen-bond acceptors (Lipinski definition) is 8. The lowest BCUT2D eigenvalue weighted by Crippen LogP contribution is -2.67. The highest BCUT2D eigenvalue weighted by atomic mass is 16.7. The van der Waals surface area contributed by atoms with Gasteiger partial charge in [-0.3, -0.25) is 0 Å². The molecule has 9 nitrogen and oxygen atoms in total. The zero-order chi connectivity index (χ0) is 33.1. The lowest BCUT2D eigenvalue weighted by molar-refractivity contribution is -0.327. The Kier molecular flexibility index (Phi) is 8.05. The van der Waals surface area contributed by atoms with E-state index in [0.717, 1.165) is 51.4 Å². The van der Waals surface area contributed by atoms with Crippen molar-refractivity contribution in [3.05, 3.63) is 11.6 Å². The zero-order valence-corrected chi connectivity index (χ0v) is 28.3. The van der Waals surface area contributed by atoms with Crippen molar-refractivity contribution in [1.82, 2.24) is 0 Å². The van der Waals surface area contributed by atoms with E-state index in [0.29, 0.717) is 18.3 Å². The molecule has 9 heteroatoms. The van der Waals surface area contributed by atoms with Crippen LogP contribution in [0.1, 0.15) is 106 Å². The van der Waals surface area contributed by atoms with Gasteiger partial charge in [0.2, 0.25) is 0 Å². The van der Waals surface area contributed by atoms with Gasteiger partial charge in [0.25, 0.3) is 0 Å². The predicted octanol–water partition coefficient (Wildman–Crippen LogP) is 4.03. The second kappa shape index (κ2) is 10.7. The summed E-state index contributed by atoms with van der Waals surface area (Å²) >= 11 is 0. The lowest BCUT2D eigenvalue weighted by atomic mass is 9.33. The van der Waals surface area contributed by atoms with Crippen molar-refractivity contribution in [3.8, 4) is 0 Å². The Bertz CT molecular complexity index is 1220. The number of fused-ring (bicyclic) bond motifs is 7. The molecule has 0 amide bonds. The fraction of sp³-hybridized carbons (Fsp3) is 0.917. The molecule has 0 aromatic heterocycles. The molecule has 6 rings (SSSR count). The van der Waals surface area contributed by atoms with Gasteiger partial charge in [-0.2, -0.15) is 0 Å². The van der Waals surface area contributed by atoms with Crippen molar-refractivity contribution in [2.45, 2.75) is 149 Å². The topological polar surface area (TPSA) is 157 Å².